The molecule has 2 rings (SSSR count). The number of nitrogens with zero attached hydrogens (tertiary/aromatic N) is 3. The van der Waals surface area contributed by atoms with Gasteiger partial charge in [-0.05, 0) is 44.3 Å². The van der Waals surface area contributed by atoms with Crippen LogP contribution in [0.4, 0.5) is 11.6 Å². The Balaban J connectivity index is 2.16. The van der Waals surface area contributed by atoms with Crippen molar-refractivity contribution in [2.24, 2.45) is 4.99 Å². The van der Waals surface area contributed by atoms with Crippen molar-refractivity contribution in [1.29, 1.82) is 0 Å². The highest BCUT2D eigenvalue weighted by Gasteiger charge is 2.10. The smallest absolute Gasteiger partial charge is 0.229 e. The maximum atomic E-state index is 6.16. The Morgan fingerprint density at radius 1 is 1.14 bits per heavy atom. The fourth-order valence-corrected chi connectivity index (χ4v) is 2.62. The van der Waals surface area contributed by atoms with Gasteiger partial charge in [-0.15, -0.1) is 0 Å². The minimum atomic E-state index is -0.496. The predicted molar refractivity (Wildman–Crippen MR) is 116 cm³/mol. The summed E-state index contributed by atoms with van der Waals surface area (Å²) in [7, 11) is 3.08. The van der Waals surface area contributed by atoms with Crippen LogP contribution in [0.25, 0.3) is 0 Å². The van der Waals surface area contributed by atoms with Crippen molar-refractivity contribution in [3.8, 4) is 0 Å². The number of nitrogens with one attached hydrogen (secondary N) is 3. The number of para-hydroxylation sites is 1. The molecule has 3 N–H and O–H groups in total. The number of thiocarbonyl (C=S) groups is 1. The maximum Gasteiger partial charge on any atom is 0.229 e. The molecule has 1 aromatic heterocycles. The summed E-state index contributed by atoms with van der Waals surface area (Å²) >= 11 is 11.5. The third kappa shape index (κ3) is 7.01. The minimum Gasteiger partial charge on any atom is -0.354 e. The molecule has 2 aromatic rings. The Hall–Kier alpha value is -2.33. The van der Waals surface area contributed by atoms with Gasteiger partial charge in [0.1, 0.15) is 0 Å². The van der Waals surface area contributed by atoms with Crippen molar-refractivity contribution in [3.05, 3.63) is 46.7 Å². The van der Waals surface area contributed by atoms with Crippen molar-refractivity contribution in [1.82, 2.24) is 15.3 Å². The highest BCUT2D eigenvalue weighted by molar-refractivity contribution is 7.80. The number of benzene rings is 1. The molecule has 0 bridgehead atoms. The lowest BCUT2D eigenvalue weighted by molar-refractivity contribution is -0.0937. The average molecular weight is 423 g/mol. The molecule has 0 atom stereocenters. The SMILES string of the molecule is COC(CN=C(NC(=S)Nc1ccccc1Cl)Nc1nc(C)cc(C)n1)OC. The molecule has 0 unspecified atom stereocenters. The number of methoxy groups -OCH3 is 2. The molecule has 0 aliphatic heterocycles. The molecule has 150 valence electrons. The third-order valence-corrected chi connectivity index (χ3v) is 4.02. The van der Waals surface area contributed by atoms with E-state index in [-0.39, 0.29) is 6.54 Å². The molecule has 0 aliphatic rings. The molecular weight excluding hydrogens is 400 g/mol. The number of aromatic nitrogens is 2. The van der Waals surface area contributed by atoms with Gasteiger partial charge >= 0.3 is 0 Å². The summed E-state index contributed by atoms with van der Waals surface area (Å²) in [5.41, 5.74) is 2.34. The number of aryl methyl sites for hydroxylation is 2. The summed E-state index contributed by atoms with van der Waals surface area (Å²) in [6.45, 7) is 4.01. The molecular formula is C18H23ClN6O2S. The van der Waals surface area contributed by atoms with Crippen LogP contribution in [0, 0.1) is 13.8 Å². The first-order valence-electron chi connectivity index (χ1n) is 8.43. The van der Waals surface area contributed by atoms with E-state index in [0.29, 0.717) is 27.7 Å². The first-order chi connectivity index (χ1) is 13.4. The van der Waals surface area contributed by atoms with Crippen molar-refractivity contribution in [3.63, 3.8) is 0 Å². The van der Waals surface area contributed by atoms with Crippen LogP contribution in [0.1, 0.15) is 11.4 Å². The Labute approximate surface area is 174 Å². The lowest BCUT2D eigenvalue weighted by Gasteiger charge is -2.16. The second-order valence-corrected chi connectivity index (χ2v) is 6.56. The van der Waals surface area contributed by atoms with E-state index < -0.39 is 6.29 Å². The lowest BCUT2D eigenvalue weighted by Crippen LogP contribution is -2.40. The molecule has 0 amide bonds. The summed E-state index contributed by atoms with van der Waals surface area (Å²) in [6.07, 6.45) is -0.496. The summed E-state index contributed by atoms with van der Waals surface area (Å²) < 4.78 is 10.3. The number of hydrogen-bond acceptors (Lipinski definition) is 6. The number of rotatable bonds is 6. The van der Waals surface area contributed by atoms with Crippen molar-refractivity contribution >= 4 is 46.5 Å². The summed E-state index contributed by atoms with van der Waals surface area (Å²) in [5, 5.41) is 9.91. The van der Waals surface area contributed by atoms with Gasteiger partial charge in [-0.2, -0.15) is 0 Å². The van der Waals surface area contributed by atoms with E-state index in [1.54, 1.807) is 20.3 Å². The Bertz CT molecular complexity index is 824. The first kappa shape index (κ1) is 22.0. The number of aliphatic imine (C=N–C) groups is 1. The Morgan fingerprint density at radius 3 is 2.39 bits per heavy atom. The highest BCUT2D eigenvalue weighted by atomic mass is 35.5. The summed E-state index contributed by atoms with van der Waals surface area (Å²) in [4.78, 5) is 13.1. The van der Waals surface area contributed by atoms with Crippen molar-refractivity contribution in [2.75, 3.05) is 31.4 Å². The van der Waals surface area contributed by atoms with E-state index >= 15 is 0 Å². The van der Waals surface area contributed by atoms with Gasteiger partial charge in [0.2, 0.25) is 11.9 Å². The zero-order valence-corrected chi connectivity index (χ0v) is 17.7. The number of ether oxygens (including phenoxy) is 2. The van der Waals surface area contributed by atoms with Crippen molar-refractivity contribution < 1.29 is 9.47 Å². The van der Waals surface area contributed by atoms with Gasteiger partial charge in [0.05, 0.1) is 17.3 Å². The highest BCUT2D eigenvalue weighted by Crippen LogP contribution is 2.20. The second kappa shape index (κ2) is 10.9. The minimum absolute atomic E-state index is 0.238. The van der Waals surface area contributed by atoms with Crippen LogP contribution in [0.15, 0.2) is 35.3 Å². The Kier molecular flexibility index (Phi) is 8.52. The van der Waals surface area contributed by atoms with Crippen LogP contribution in [-0.4, -0.2) is 48.1 Å². The molecule has 1 heterocycles. The monoisotopic (exact) mass is 422 g/mol. The third-order valence-electron chi connectivity index (χ3n) is 3.49. The molecule has 10 heteroatoms. The second-order valence-electron chi connectivity index (χ2n) is 5.75. The normalized spacial score (nSPS) is 11.4. The van der Waals surface area contributed by atoms with Gasteiger partial charge in [-0.3, -0.25) is 5.32 Å². The van der Waals surface area contributed by atoms with Gasteiger partial charge in [-0.1, -0.05) is 23.7 Å². The van der Waals surface area contributed by atoms with Gasteiger partial charge in [-0.25, -0.2) is 15.0 Å². The lowest BCUT2D eigenvalue weighted by atomic mass is 10.3. The van der Waals surface area contributed by atoms with E-state index in [0.717, 1.165) is 11.4 Å². The van der Waals surface area contributed by atoms with Crippen LogP contribution >= 0.6 is 23.8 Å². The standard InChI is InChI=1S/C18H23ClN6O2S/c1-11-9-12(2)22-17(21-11)24-16(20-10-15(26-3)27-4)25-18(28)23-14-8-6-5-7-13(14)19/h5-9,15H,10H2,1-4H3,(H3,20,21,22,23,24,25,28). The van der Waals surface area contributed by atoms with Crippen LogP contribution < -0.4 is 16.0 Å². The van der Waals surface area contributed by atoms with E-state index in [1.807, 2.05) is 38.1 Å². The number of anilines is 2. The number of halogens is 1. The van der Waals surface area contributed by atoms with Crippen LogP contribution in [0.5, 0.6) is 0 Å². The predicted octanol–water partition coefficient (Wildman–Crippen LogP) is 3.12. The molecule has 0 fully saturated rings. The molecule has 0 aliphatic carbocycles. The summed E-state index contributed by atoms with van der Waals surface area (Å²) in [5.74, 6) is 0.740. The van der Waals surface area contributed by atoms with Crippen LogP contribution in [-0.2, 0) is 9.47 Å². The molecule has 0 radical (unpaired) electrons. The molecule has 28 heavy (non-hydrogen) atoms. The molecule has 8 nitrogen and oxygen atoms in total. The topological polar surface area (TPSA) is 92.7 Å². The molecule has 0 spiro atoms. The number of hydrogen-bond donors (Lipinski definition) is 3. The van der Waals surface area contributed by atoms with Crippen LogP contribution in [0.2, 0.25) is 5.02 Å². The van der Waals surface area contributed by atoms with E-state index in [2.05, 4.69) is 30.9 Å². The fraction of sp³-hybridized carbons (Fsp3) is 0.333. The zero-order valence-electron chi connectivity index (χ0n) is 16.1. The summed E-state index contributed by atoms with van der Waals surface area (Å²) in [6, 6.07) is 9.16. The fourth-order valence-electron chi connectivity index (χ4n) is 2.23. The van der Waals surface area contributed by atoms with Gasteiger partial charge in [0.15, 0.2) is 11.4 Å². The van der Waals surface area contributed by atoms with E-state index in [1.165, 1.54) is 0 Å². The van der Waals surface area contributed by atoms with Gasteiger partial charge < -0.3 is 20.1 Å². The van der Waals surface area contributed by atoms with E-state index in [9.17, 15) is 0 Å². The van der Waals surface area contributed by atoms with Crippen molar-refractivity contribution in [2.45, 2.75) is 20.1 Å². The zero-order chi connectivity index (χ0) is 20.5. The number of guanidine groups is 1. The average Bonchev–Trinajstić information content (AvgIpc) is 2.63. The Morgan fingerprint density at radius 2 is 1.79 bits per heavy atom. The maximum absolute atomic E-state index is 6.16. The van der Waals surface area contributed by atoms with E-state index in [4.69, 9.17) is 33.3 Å². The van der Waals surface area contributed by atoms with Crippen LogP contribution in [0.3, 0.4) is 0 Å². The first-order valence-corrected chi connectivity index (χ1v) is 9.21. The largest absolute Gasteiger partial charge is 0.354 e. The van der Waals surface area contributed by atoms with Gasteiger partial charge in [0.25, 0.3) is 0 Å². The molecule has 1 aromatic carbocycles. The molecule has 0 saturated heterocycles. The quantitative estimate of drug-likeness (QED) is 0.283. The molecule has 0 saturated carbocycles. The van der Waals surface area contributed by atoms with Gasteiger partial charge in [0, 0.05) is 25.6 Å².